The van der Waals surface area contributed by atoms with Gasteiger partial charge in [-0.25, -0.2) is 0 Å². The number of methoxy groups -OCH3 is 1. The molecule has 0 bridgehead atoms. The lowest BCUT2D eigenvalue weighted by atomic mass is 10.00. The van der Waals surface area contributed by atoms with Crippen molar-refractivity contribution in [2.24, 2.45) is 0 Å². The van der Waals surface area contributed by atoms with E-state index < -0.39 is 5.41 Å². The molecular weight excluding hydrogens is 360 g/mol. The fraction of sp³-hybridized carbons (Fsp3) is 0.238. The highest BCUT2D eigenvalue weighted by Gasteiger charge is 2.53. The van der Waals surface area contributed by atoms with Crippen LogP contribution in [-0.2, 0) is 10.2 Å². The highest BCUT2D eigenvalue weighted by molar-refractivity contribution is 7.98. The molecule has 1 aromatic heterocycles. The topological polar surface area (TPSA) is 64.4 Å². The largest absolute Gasteiger partial charge is 0.497 e. The molecule has 0 radical (unpaired) electrons. The Hall–Kier alpha value is -2.73. The summed E-state index contributed by atoms with van der Waals surface area (Å²) in [6, 6.07) is 17.3. The number of amides is 1. The zero-order valence-electron chi connectivity index (χ0n) is 15.2. The van der Waals surface area contributed by atoms with Gasteiger partial charge in [0, 0.05) is 22.2 Å². The number of nitrogens with one attached hydrogen (secondary N) is 1. The number of hydrogen-bond donors (Lipinski definition) is 1. The minimum Gasteiger partial charge on any atom is -0.497 e. The lowest BCUT2D eigenvalue weighted by Gasteiger charge is -2.12. The third-order valence-corrected chi connectivity index (χ3v) is 5.63. The highest BCUT2D eigenvalue weighted by atomic mass is 32.2. The van der Waals surface area contributed by atoms with Crippen LogP contribution in [0.5, 0.6) is 5.75 Å². The van der Waals surface area contributed by atoms with E-state index in [9.17, 15) is 4.79 Å². The standard InChI is InChI=1S/C21H20N2O3S/c1-25-16-5-3-4-14(12-16)18-13-19(23-26-18)21(10-11-21)20(24)22-15-6-8-17(27-2)9-7-15/h3-9,12-13H,10-11H2,1-2H3,(H,22,24). The number of hydrogen-bond acceptors (Lipinski definition) is 5. The summed E-state index contributed by atoms with van der Waals surface area (Å²) in [4.78, 5) is 14.0. The quantitative estimate of drug-likeness (QED) is 0.626. The molecule has 0 spiro atoms. The first-order valence-corrected chi connectivity index (χ1v) is 9.94. The molecule has 1 fully saturated rings. The monoisotopic (exact) mass is 380 g/mol. The molecule has 5 nitrogen and oxygen atoms in total. The molecule has 1 heterocycles. The highest BCUT2D eigenvalue weighted by Crippen LogP contribution is 2.49. The maximum absolute atomic E-state index is 12.9. The molecule has 0 unspecified atom stereocenters. The molecule has 6 heteroatoms. The molecule has 1 saturated carbocycles. The van der Waals surface area contributed by atoms with Gasteiger partial charge in [-0.15, -0.1) is 11.8 Å². The molecular formula is C21H20N2O3S. The zero-order valence-corrected chi connectivity index (χ0v) is 16.0. The normalized spacial score (nSPS) is 14.6. The number of thioether (sulfide) groups is 1. The van der Waals surface area contributed by atoms with Crippen molar-refractivity contribution in [3.63, 3.8) is 0 Å². The number of carbonyl (C=O) groups is 1. The first-order valence-electron chi connectivity index (χ1n) is 8.72. The van der Waals surface area contributed by atoms with Crippen LogP contribution in [-0.4, -0.2) is 24.4 Å². The van der Waals surface area contributed by atoms with Crippen LogP contribution < -0.4 is 10.1 Å². The van der Waals surface area contributed by atoms with E-state index in [1.807, 2.05) is 60.9 Å². The molecule has 1 aliphatic carbocycles. The van der Waals surface area contributed by atoms with Crippen LogP contribution in [0.2, 0.25) is 0 Å². The van der Waals surface area contributed by atoms with Gasteiger partial charge in [0.1, 0.15) is 5.75 Å². The van der Waals surface area contributed by atoms with Gasteiger partial charge in [-0.1, -0.05) is 17.3 Å². The summed E-state index contributed by atoms with van der Waals surface area (Å²) in [6.07, 6.45) is 3.56. The van der Waals surface area contributed by atoms with E-state index in [4.69, 9.17) is 9.26 Å². The van der Waals surface area contributed by atoms with Crippen LogP contribution in [0.1, 0.15) is 18.5 Å². The Morgan fingerprint density at radius 2 is 1.96 bits per heavy atom. The van der Waals surface area contributed by atoms with Crippen molar-refractivity contribution in [1.29, 1.82) is 0 Å². The van der Waals surface area contributed by atoms with Crippen LogP contribution >= 0.6 is 11.8 Å². The fourth-order valence-electron chi connectivity index (χ4n) is 3.06. The second-order valence-electron chi connectivity index (χ2n) is 6.57. The van der Waals surface area contributed by atoms with Crippen molar-refractivity contribution < 1.29 is 14.1 Å². The number of nitrogens with zero attached hydrogens (tertiary/aromatic N) is 1. The van der Waals surface area contributed by atoms with Crippen LogP contribution in [0.25, 0.3) is 11.3 Å². The summed E-state index contributed by atoms with van der Waals surface area (Å²) in [6.45, 7) is 0. The SMILES string of the molecule is COc1cccc(-c2cc(C3(C(=O)Nc4ccc(SC)cc4)CC3)no2)c1. The van der Waals surface area contributed by atoms with Gasteiger partial charge in [-0.2, -0.15) is 0 Å². The van der Waals surface area contributed by atoms with Crippen LogP contribution in [0.15, 0.2) is 64.0 Å². The molecule has 1 aliphatic rings. The summed E-state index contributed by atoms with van der Waals surface area (Å²) in [5, 5.41) is 7.20. The third-order valence-electron chi connectivity index (χ3n) is 4.89. The van der Waals surface area contributed by atoms with Gasteiger partial charge in [0.25, 0.3) is 0 Å². The van der Waals surface area contributed by atoms with Crippen molar-refractivity contribution in [1.82, 2.24) is 5.16 Å². The maximum Gasteiger partial charge on any atom is 0.236 e. The van der Waals surface area contributed by atoms with E-state index in [2.05, 4.69) is 10.5 Å². The summed E-state index contributed by atoms with van der Waals surface area (Å²) in [5.41, 5.74) is 1.75. The Morgan fingerprint density at radius 3 is 2.63 bits per heavy atom. The van der Waals surface area contributed by atoms with E-state index in [-0.39, 0.29) is 5.91 Å². The lowest BCUT2D eigenvalue weighted by Crippen LogP contribution is -2.28. The van der Waals surface area contributed by atoms with Crippen molar-refractivity contribution in [3.8, 4) is 17.1 Å². The Labute approximate surface area is 162 Å². The maximum atomic E-state index is 12.9. The minimum absolute atomic E-state index is 0.0371. The number of carbonyl (C=O) groups excluding carboxylic acids is 1. The fourth-order valence-corrected chi connectivity index (χ4v) is 3.47. The van der Waals surface area contributed by atoms with E-state index in [1.165, 1.54) is 0 Å². The van der Waals surface area contributed by atoms with Crippen molar-refractivity contribution in [2.45, 2.75) is 23.2 Å². The van der Waals surface area contributed by atoms with Crippen LogP contribution in [0.3, 0.4) is 0 Å². The third kappa shape index (κ3) is 3.45. The summed E-state index contributed by atoms with van der Waals surface area (Å²) in [5.74, 6) is 1.34. The summed E-state index contributed by atoms with van der Waals surface area (Å²) < 4.78 is 10.8. The van der Waals surface area contributed by atoms with Gasteiger partial charge >= 0.3 is 0 Å². The molecule has 0 saturated heterocycles. The summed E-state index contributed by atoms with van der Waals surface area (Å²) in [7, 11) is 1.63. The van der Waals surface area contributed by atoms with E-state index >= 15 is 0 Å². The molecule has 0 aliphatic heterocycles. The lowest BCUT2D eigenvalue weighted by molar-refractivity contribution is -0.118. The molecule has 0 atom stereocenters. The second-order valence-corrected chi connectivity index (χ2v) is 7.45. The van der Waals surface area contributed by atoms with Crippen LogP contribution in [0, 0.1) is 0 Å². The average Bonchev–Trinajstić information content (AvgIpc) is 3.38. The Morgan fingerprint density at radius 1 is 1.19 bits per heavy atom. The number of aromatic nitrogens is 1. The Bertz CT molecular complexity index is 962. The van der Waals surface area contributed by atoms with Crippen molar-refractivity contribution in [3.05, 3.63) is 60.3 Å². The van der Waals surface area contributed by atoms with Crippen molar-refractivity contribution in [2.75, 3.05) is 18.7 Å². The van der Waals surface area contributed by atoms with Gasteiger partial charge in [0.2, 0.25) is 5.91 Å². The van der Waals surface area contributed by atoms with E-state index in [0.717, 1.165) is 34.7 Å². The predicted molar refractivity (Wildman–Crippen MR) is 106 cm³/mol. The second kappa shape index (κ2) is 7.12. The van der Waals surface area contributed by atoms with Crippen molar-refractivity contribution >= 4 is 23.4 Å². The number of anilines is 1. The molecule has 4 rings (SSSR count). The van der Waals surface area contributed by atoms with Crippen LogP contribution in [0.4, 0.5) is 5.69 Å². The first kappa shape index (κ1) is 17.7. The molecule has 1 amide bonds. The van der Waals surface area contributed by atoms with Gasteiger partial charge in [0.05, 0.1) is 18.2 Å². The number of ether oxygens (including phenoxy) is 1. The van der Waals surface area contributed by atoms with Gasteiger partial charge in [0.15, 0.2) is 5.76 Å². The molecule has 1 N–H and O–H groups in total. The van der Waals surface area contributed by atoms with Gasteiger partial charge in [-0.05, 0) is 55.5 Å². The molecule has 138 valence electrons. The number of benzene rings is 2. The van der Waals surface area contributed by atoms with Gasteiger partial charge in [-0.3, -0.25) is 4.79 Å². The Balaban J connectivity index is 1.53. The molecule has 2 aromatic carbocycles. The molecule has 3 aromatic rings. The minimum atomic E-state index is -0.598. The van der Waals surface area contributed by atoms with E-state index in [1.54, 1.807) is 18.9 Å². The number of rotatable bonds is 6. The van der Waals surface area contributed by atoms with Gasteiger partial charge < -0.3 is 14.6 Å². The van der Waals surface area contributed by atoms with E-state index in [0.29, 0.717) is 11.5 Å². The first-order chi connectivity index (χ1) is 13.1. The Kier molecular flexibility index (Phi) is 4.66. The zero-order chi connectivity index (χ0) is 18.9. The smallest absolute Gasteiger partial charge is 0.236 e. The average molecular weight is 380 g/mol. The summed E-state index contributed by atoms with van der Waals surface area (Å²) >= 11 is 1.67. The predicted octanol–water partition coefficient (Wildman–Crippen LogP) is 4.74. The molecule has 27 heavy (non-hydrogen) atoms.